The van der Waals surface area contributed by atoms with Crippen molar-refractivity contribution in [1.82, 2.24) is 24.8 Å². The van der Waals surface area contributed by atoms with Crippen LogP contribution in [-0.2, 0) is 0 Å². The number of rotatable bonds is 8. The van der Waals surface area contributed by atoms with E-state index in [1.54, 1.807) is 16.9 Å². The van der Waals surface area contributed by atoms with Gasteiger partial charge in [-0.1, -0.05) is 20.8 Å². The predicted molar refractivity (Wildman–Crippen MR) is 137 cm³/mol. The summed E-state index contributed by atoms with van der Waals surface area (Å²) >= 11 is 0. The number of ether oxygens (including phenoxy) is 1. The molecule has 1 fully saturated rings. The molecule has 36 heavy (non-hydrogen) atoms. The van der Waals surface area contributed by atoms with E-state index in [4.69, 9.17) is 4.74 Å². The van der Waals surface area contributed by atoms with Gasteiger partial charge in [0, 0.05) is 50.0 Å². The third kappa shape index (κ3) is 5.69. The lowest BCUT2D eigenvalue weighted by Gasteiger charge is -2.35. The molecule has 10 heteroatoms. The maximum Gasteiger partial charge on any atom is 0.317 e. The monoisotopic (exact) mass is 491 g/mol. The number of hydrogen-bond donors (Lipinski definition) is 2. The van der Waals surface area contributed by atoms with E-state index in [0.29, 0.717) is 61.9 Å². The Morgan fingerprint density at radius 1 is 1.25 bits per heavy atom. The first-order valence-corrected chi connectivity index (χ1v) is 12.4. The van der Waals surface area contributed by atoms with Crippen molar-refractivity contribution in [2.45, 2.75) is 33.3 Å². The molecule has 0 saturated carbocycles. The van der Waals surface area contributed by atoms with E-state index < -0.39 is 6.10 Å². The first kappa shape index (κ1) is 25.3. The van der Waals surface area contributed by atoms with Crippen LogP contribution in [0.25, 0.3) is 16.6 Å². The maximum atomic E-state index is 12.3. The number of hydrogen-bond acceptors (Lipinski definition) is 7. The topological polar surface area (TPSA) is 119 Å². The van der Waals surface area contributed by atoms with Crippen molar-refractivity contribution >= 4 is 17.4 Å². The largest absolute Gasteiger partial charge is 0.489 e. The average Bonchev–Trinajstić information content (AvgIpc) is 3.33. The molecule has 0 radical (unpaired) electrons. The molecule has 10 nitrogen and oxygen atoms in total. The Morgan fingerprint density at radius 2 is 2.03 bits per heavy atom. The van der Waals surface area contributed by atoms with Crippen LogP contribution in [0.15, 0.2) is 36.8 Å². The molecule has 2 N–H and O–H groups in total. The van der Waals surface area contributed by atoms with Crippen molar-refractivity contribution in [3.63, 3.8) is 0 Å². The molecule has 1 aliphatic heterocycles. The lowest BCUT2D eigenvalue weighted by molar-refractivity contribution is 0.104. The molecular formula is C26H33N7O3. The van der Waals surface area contributed by atoms with Gasteiger partial charge >= 0.3 is 6.03 Å². The van der Waals surface area contributed by atoms with Crippen molar-refractivity contribution < 1.29 is 14.6 Å². The summed E-state index contributed by atoms with van der Waals surface area (Å²) in [6.45, 7) is 9.57. The highest BCUT2D eigenvalue weighted by molar-refractivity contribution is 5.85. The van der Waals surface area contributed by atoms with Gasteiger partial charge in [0.25, 0.3) is 0 Å². The zero-order chi connectivity index (χ0) is 25.7. The van der Waals surface area contributed by atoms with Crippen molar-refractivity contribution in [3.8, 4) is 22.9 Å². The number of aliphatic hydroxyl groups is 1. The number of amides is 2. The minimum absolute atomic E-state index is 0.0154. The summed E-state index contributed by atoms with van der Waals surface area (Å²) in [6, 6.07) is 7.96. The van der Waals surface area contributed by atoms with Crippen molar-refractivity contribution in [2.75, 3.05) is 44.2 Å². The average molecular weight is 492 g/mol. The van der Waals surface area contributed by atoms with Crippen LogP contribution in [0.1, 0.15) is 32.8 Å². The highest BCUT2D eigenvalue weighted by Gasteiger charge is 2.22. The number of carbonyl (C=O) groups is 1. The fraction of sp³-hybridized carbons (Fsp3) is 0.462. The Labute approximate surface area is 211 Å². The summed E-state index contributed by atoms with van der Waals surface area (Å²) in [4.78, 5) is 21.0. The minimum Gasteiger partial charge on any atom is -0.489 e. The maximum absolute atomic E-state index is 12.3. The molecule has 1 saturated heterocycles. The molecule has 0 aliphatic carbocycles. The summed E-state index contributed by atoms with van der Waals surface area (Å²) in [7, 11) is 0. The van der Waals surface area contributed by atoms with Gasteiger partial charge in [0.15, 0.2) is 0 Å². The smallest absolute Gasteiger partial charge is 0.317 e. The third-order valence-corrected chi connectivity index (χ3v) is 6.23. The number of pyridine rings is 2. The summed E-state index contributed by atoms with van der Waals surface area (Å²) in [5.74, 6) is 1.80. The zero-order valence-corrected chi connectivity index (χ0v) is 21.0. The van der Waals surface area contributed by atoms with Crippen LogP contribution in [0.4, 0.5) is 10.6 Å². The highest BCUT2D eigenvalue weighted by atomic mass is 16.5. The van der Waals surface area contributed by atoms with E-state index in [0.717, 1.165) is 16.9 Å². The Morgan fingerprint density at radius 3 is 2.67 bits per heavy atom. The molecule has 0 bridgehead atoms. The number of nitriles is 1. The lowest BCUT2D eigenvalue weighted by Crippen LogP contribution is -2.52. The molecule has 0 spiro atoms. The molecule has 1 atom stereocenters. The third-order valence-electron chi connectivity index (χ3n) is 6.23. The Balaban J connectivity index is 1.51. The van der Waals surface area contributed by atoms with Gasteiger partial charge in [0.1, 0.15) is 24.2 Å². The molecule has 2 amide bonds. The molecule has 3 aromatic heterocycles. The SMILES string of the molecule is CC[C@@H](O)COc1cc(-c2ccc(N3CCN(C(=O)NCC(C)C)CC3)nc2)c2c(C#N)cnn2c1. The van der Waals surface area contributed by atoms with Gasteiger partial charge in [-0.05, 0) is 30.5 Å². The van der Waals surface area contributed by atoms with E-state index in [-0.39, 0.29) is 12.6 Å². The van der Waals surface area contributed by atoms with E-state index in [1.165, 1.54) is 6.20 Å². The van der Waals surface area contributed by atoms with E-state index in [1.807, 2.05) is 30.0 Å². The molecule has 190 valence electrons. The van der Waals surface area contributed by atoms with Crippen LogP contribution in [0.5, 0.6) is 5.75 Å². The molecule has 3 aromatic rings. The molecule has 4 heterocycles. The Hall–Kier alpha value is -3.84. The number of carbonyl (C=O) groups excluding carboxylic acids is 1. The van der Waals surface area contributed by atoms with Gasteiger partial charge in [-0.15, -0.1) is 0 Å². The second kappa shape index (κ2) is 11.3. The molecular weight excluding hydrogens is 458 g/mol. The van der Waals surface area contributed by atoms with E-state index >= 15 is 0 Å². The summed E-state index contributed by atoms with van der Waals surface area (Å²) in [5, 5.41) is 26.7. The summed E-state index contributed by atoms with van der Waals surface area (Å²) in [5.41, 5.74) is 2.74. The fourth-order valence-corrected chi connectivity index (χ4v) is 4.06. The van der Waals surface area contributed by atoms with Gasteiger partial charge in [-0.25, -0.2) is 14.3 Å². The number of nitrogens with zero attached hydrogens (tertiary/aromatic N) is 6. The van der Waals surface area contributed by atoms with Gasteiger partial charge in [-0.2, -0.15) is 10.4 Å². The predicted octanol–water partition coefficient (Wildman–Crippen LogP) is 2.91. The first-order chi connectivity index (χ1) is 17.4. The highest BCUT2D eigenvalue weighted by Crippen LogP contribution is 2.31. The van der Waals surface area contributed by atoms with Crippen molar-refractivity contribution in [2.24, 2.45) is 5.92 Å². The number of fused-ring (bicyclic) bond motifs is 1. The van der Waals surface area contributed by atoms with Crippen LogP contribution in [-0.4, -0.2) is 76.1 Å². The fourth-order valence-electron chi connectivity index (χ4n) is 4.06. The van der Waals surface area contributed by atoms with Gasteiger partial charge in [0.05, 0.1) is 29.6 Å². The van der Waals surface area contributed by atoms with Crippen LogP contribution in [0.3, 0.4) is 0 Å². The van der Waals surface area contributed by atoms with Crippen LogP contribution >= 0.6 is 0 Å². The standard InChI is InChI=1S/C26H33N7O3/c1-4-21(34)17-36-22-11-23(25-20(12-27)15-30-33(25)16-22)19-5-6-24(28-14-19)31-7-9-32(10-8-31)26(35)29-13-18(2)3/h5-6,11,14-16,18,21,34H,4,7-10,13,17H2,1-3H3,(H,29,35)/t21-/m1/s1. The van der Waals surface area contributed by atoms with Gasteiger partial charge in [-0.3, -0.25) is 0 Å². The quantitative estimate of drug-likeness (QED) is 0.497. The minimum atomic E-state index is -0.556. The van der Waals surface area contributed by atoms with Crippen LogP contribution in [0.2, 0.25) is 0 Å². The molecule has 0 unspecified atom stereocenters. The van der Waals surface area contributed by atoms with Crippen LogP contribution in [0, 0.1) is 17.2 Å². The number of anilines is 1. The normalized spacial score (nSPS) is 14.7. The molecule has 4 rings (SSSR count). The lowest BCUT2D eigenvalue weighted by atomic mass is 10.1. The molecule has 1 aliphatic rings. The second-order valence-electron chi connectivity index (χ2n) is 9.38. The number of aliphatic hydroxyl groups excluding tert-OH is 1. The second-order valence-corrected chi connectivity index (χ2v) is 9.38. The van der Waals surface area contributed by atoms with E-state index in [2.05, 4.69) is 40.2 Å². The molecule has 0 aromatic carbocycles. The Kier molecular flexibility index (Phi) is 7.90. The number of aromatic nitrogens is 3. The summed E-state index contributed by atoms with van der Waals surface area (Å²) in [6.07, 6.45) is 5.06. The number of piperazine rings is 1. The summed E-state index contributed by atoms with van der Waals surface area (Å²) < 4.78 is 7.41. The zero-order valence-electron chi connectivity index (χ0n) is 21.0. The van der Waals surface area contributed by atoms with Crippen LogP contribution < -0.4 is 15.0 Å². The Bertz CT molecular complexity index is 1220. The van der Waals surface area contributed by atoms with Gasteiger partial charge in [0.2, 0.25) is 0 Å². The first-order valence-electron chi connectivity index (χ1n) is 12.4. The van der Waals surface area contributed by atoms with Crippen molar-refractivity contribution in [3.05, 3.63) is 42.4 Å². The van der Waals surface area contributed by atoms with Gasteiger partial charge < -0.3 is 25.0 Å². The van der Waals surface area contributed by atoms with E-state index in [9.17, 15) is 15.2 Å². The number of urea groups is 1. The van der Waals surface area contributed by atoms with Crippen molar-refractivity contribution in [1.29, 1.82) is 5.26 Å². The number of nitrogens with one attached hydrogen (secondary N) is 1.